The van der Waals surface area contributed by atoms with Crippen LogP contribution in [0.15, 0.2) is 41.2 Å². The van der Waals surface area contributed by atoms with Crippen molar-refractivity contribution in [2.75, 3.05) is 23.0 Å². The molecule has 2 N–H and O–H groups in total. The highest BCUT2D eigenvalue weighted by Gasteiger charge is 2.35. The number of nitrogens with one attached hydrogen (secondary N) is 2. The third-order valence-electron chi connectivity index (χ3n) is 5.63. The van der Waals surface area contributed by atoms with Crippen molar-refractivity contribution in [3.8, 4) is 0 Å². The van der Waals surface area contributed by atoms with Crippen molar-refractivity contribution >= 4 is 34.6 Å². The Balaban J connectivity index is 1.79. The average Bonchev–Trinajstić information content (AvgIpc) is 2.78. The molecule has 0 spiro atoms. The Morgan fingerprint density at radius 2 is 1.66 bits per heavy atom. The number of H-pyrrole nitrogens is 1. The van der Waals surface area contributed by atoms with Gasteiger partial charge in [0, 0.05) is 37.3 Å². The zero-order chi connectivity index (χ0) is 22.6. The van der Waals surface area contributed by atoms with Gasteiger partial charge in [-0.1, -0.05) is 11.6 Å². The van der Waals surface area contributed by atoms with Crippen LogP contribution in [0.1, 0.15) is 21.6 Å². The largest absolute Gasteiger partial charge is 0.324 e. The topological polar surface area (TPSA) is 68.4 Å². The Labute approximate surface area is 185 Å². The van der Waals surface area contributed by atoms with Crippen LogP contribution in [0.25, 0.3) is 0 Å². The molecule has 0 unspecified atom stereocenters. The standard InChI is InChI=1S/C22H16ClF3N4O2/c23-13-7-20-12(6-14(13)24)22(32)30-10-29(20)19-8-16(26)15(25)5-11(19)9-27-4-3-17-18(30)1-2-21(31)28-17/h1-2,5-8,27H,3-4,9-10H2,(H,28,31). The maximum Gasteiger partial charge on any atom is 0.262 e. The highest BCUT2D eigenvalue weighted by molar-refractivity contribution is 6.31. The number of carbonyl (C=O) groups is 1. The third-order valence-corrected chi connectivity index (χ3v) is 5.92. The van der Waals surface area contributed by atoms with Gasteiger partial charge in [0.15, 0.2) is 11.6 Å². The summed E-state index contributed by atoms with van der Waals surface area (Å²) in [7, 11) is 0. The lowest BCUT2D eigenvalue weighted by Gasteiger charge is -2.39. The lowest BCUT2D eigenvalue weighted by Crippen LogP contribution is -2.46. The number of hydrogen-bond donors (Lipinski definition) is 2. The van der Waals surface area contributed by atoms with Gasteiger partial charge in [-0.05, 0) is 29.8 Å². The third kappa shape index (κ3) is 3.34. The molecule has 32 heavy (non-hydrogen) atoms. The molecule has 6 nitrogen and oxygen atoms in total. The fourth-order valence-electron chi connectivity index (χ4n) is 4.11. The van der Waals surface area contributed by atoms with Gasteiger partial charge in [-0.25, -0.2) is 13.2 Å². The van der Waals surface area contributed by atoms with Crippen LogP contribution in [-0.4, -0.2) is 24.1 Å². The molecule has 2 aliphatic heterocycles. The summed E-state index contributed by atoms with van der Waals surface area (Å²) in [6, 6.07) is 7.29. The van der Waals surface area contributed by atoms with Crippen LogP contribution in [0.5, 0.6) is 0 Å². The van der Waals surface area contributed by atoms with Crippen LogP contribution < -0.4 is 20.7 Å². The minimum Gasteiger partial charge on any atom is -0.324 e. The molecule has 2 aromatic carbocycles. The van der Waals surface area contributed by atoms with Crippen LogP contribution in [0.2, 0.25) is 5.02 Å². The van der Waals surface area contributed by atoms with E-state index in [1.807, 2.05) is 0 Å². The van der Waals surface area contributed by atoms with Crippen molar-refractivity contribution in [3.05, 3.63) is 86.0 Å². The van der Waals surface area contributed by atoms with E-state index in [4.69, 9.17) is 11.6 Å². The smallest absolute Gasteiger partial charge is 0.262 e. The number of anilines is 3. The molecule has 0 atom stereocenters. The van der Waals surface area contributed by atoms with Gasteiger partial charge in [0.25, 0.3) is 5.91 Å². The second-order valence-electron chi connectivity index (χ2n) is 7.59. The van der Waals surface area contributed by atoms with E-state index in [9.17, 15) is 22.8 Å². The first-order valence-electron chi connectivity index (χ1n) is 9.83. The summed E-state index contributed by atoms with van der Waals surface area (Å²) in [5, 5.41) is 2.95. The number of benzene rings is 2. The lowest BCUT2D eigenvalue weighted by atomic mass is 10.0. The number of halogens is 4. The Morgan fingerprint density at radius 3 is 2.47 bits per heavy atom. The summed E-state index contributed by atoms with van der Waals surface area (Å²) in [6.07, 6.45) is 0.371. The van der Waals surface area contributed by atoms with Gasteiger partial charge < -0.3 is 15.2 Å². The summed E-state index contributed by atoms with van der Waals surface area (Å²) in [5.41, 5.74) is 1.67. The van der Waals surface area contributed by atoms with Crippen LogP contribution in [0.4, 0.5) is 30.2 Å². The number of fused-ring (bicyclic) bond motifs is 8. The molecule has 164 valence electrons. The molecule has 3 heterocycles. The predicted octanol–water partition coefficient (Wildman–Crippen LogP) is 3.85. The highest BCUT2D eigenvalue weighted by atomic mass is 35.5. The molecule has 0 radical (unpaired) electrons. The number of rotatable bonds is 0. The van der Waals surface area contributed by atoms with Gasteiger partial charge in [-0.15, -0.1) is 0 Å². The number of pyridine rings is 1. The first kappa shape index (κ1) is 20.6. The predicted molar refractivity (Wildman–Crippen MR) is 114 cm³/mol. The van der Waals surface area contributed by atoms with Crippen molar-refractivity contribution in [3.63, 3.8) is 0 Å². The fourth-order valence-corrected chi connectivity index (χ4v) is 4.27. The first-order valence-corrected chi connectivity index (χ1v) is 10.2. The molecular formula is C22H16ClF3N4O2. The van der Waals surface area contributed by atoms with E-state index in [0.29, 0.717) is 35.6 Å². The molecule has 1 aromatic heterocycles. The van der Waals surface area contributed by atoms with E-state index < -0.39 is 23.4 Å². The normalized spacial score (nSPS) is 15.6. The zero-order valence-corrected chi connectivity index (χ0v) is 17.3. The maximum atomic E-state index is 14.3. The molecule has 10 heteroatoms. The van der Waals surface area contributed by atoms with Gasteiger partial charge >= 0.3 is 0 Å². The van der Waals surface area contributed by atoms with Crippen molar-refractivity contribution in [2.24, 2.45) is 0 Å². The second-order valence-corrected chi connectivity index (χ2v) is 8.00. The Bertz CT molecular complexity index is 1330. The van der Waals surface area contributed by atoms with E-state index in [-0.39, 0.29) is 35.0 Å². The first-order chi connectivity index (χ1) is 15.3. The molecule has 0 saturated carbocycles. The van der Waals surface area contributed by atoms with Crippen molar-refractivity contribution in [1.82, 2.24) is 10.3 Å². The number of amides is 1. The van der Waals surface area contributed by atoms with E-state index in [1.165, 1.54) is 23.1 Å². The van der Waals surface area contributed by atoms with Crippen LogP contribution in [0.3, 0.4) is 0 Å². The molecule has 2 aliphatic rings. The van der Waals surface area contributed by atoms with Crippen LogP contribution in [0, 0.1) is 17.5 Å². The molecule has 3 aromatic rings. The molecule has 0 fully saturated rings. The highest BCUT2D eigenvalue weighted by Crippen LogP contribution is 2.40. The molecule has 2 bridgehead atoms. The zero-order valence-electron chi connectivity index (χ0n) is 16.5. The van der Waals surface area contributed by atoms with Crippen molar-refractivity contribution < 1.29 is 18.0 Å². The fraction of sp³-hybridized carbons (Fsp3) is 0.182. The number of nitrogens with zero attached hydrogens (tertiary/aromatic N) is 2. The summed E-state index contributed by atoms with van der Waals surface area (Å²) in [4.78, 5) is 31.0. The van der Waals surface area contributed by atoms with Gasteiger partial charge in [0.2, 0.25) is 5.56 Å². The number of aromatic amines is 1. The Morgan fingerprint density at radius 1 is 0.875 bits per heavy atom. The SMILES string of the molecule is O=C1c2cc(F)c(Cl)cc2N2CN1c1ccc(=O)[nH]c1CCNCc1cc(F)c(F)cc12. The van der Waals surface area contributed by atoms with E-state index in [2.05, 4.69) is 10.3 Å². The van der Waals surface area contributed by atoms with Gasteiger partial charge in [0.1, 0.15) is 12.5 Å². The summed E-state index contributed by atoms with van der Waals surface area (Å²) < 4.78 is 42.7. The van der Waals surface area contributed by atoms with Crippen LogP contribution >= 0.6 is 11.6 Å². The lowest BCUT2D eigenvalue weighted by molar-refractivity contribution is 0.0983. The molecule has 0 saturated heterocycles. The number of aromatic nitrogens is 1. The summed E-state index contributed by atoms with van der Waals surface area (Å²) in [5.74, 6) is -3.34. The molecule has 1 amide bonds. The van der Waals surface area contributed by atoms with Gasteiger partial charge in [-0.3, -0.25) is 14.5 Å². The van der Waals surface area contributed by atoms with E-state index >= 15 is 0 Å². The Hall–Kier alpha value is -3.30. The van der Waals surface area contributed by atoms with Gasteiger partial charge in [0.05, 0.1) is 27.6 Å². The minimum absolute atomic E-state index is 0.0122. The number of hydrogen-bond acceptors (Lipinski definition) is 4. The quantitative estimate of drug-likeness (QED) is 0.535. The average molecular weight is 461 g/mol. The van der Waals surface area contributed by atoms with Crippen molar-refractivity contribution in [2.45, 2.75) is 13.0 Å². The Kier molecular flexibility index (Phi) is 4.94. The maximum absolute atomic E-state index is 14.3. The van der Waals surface area contributed by atoms with Crippen molar-refractivity contribution in [1.29, 1.82) is 0 Å². The molecule has 0 aliphatic carbocycles. The minimum atomic E-state index is -1.05. The van der Waals surface area contributed by atoms with Crippen LogP contribution in [-0.2, 0) is 13.0 Å². The van der Waals surface area contributed by atoms with E-state index in [0.717, 1.165) is 18.2 Å². The second kappa shape index (κ2) is 7.68. The monoisotopic (exact) mass is 460 g/mol. The van der Waals surface area contributed by atoms with E-state index in [1.54, 1.807) is 4.90 Å². The molecule has 5 rings (SSSR count). The molecular weight excluding hydrogens is 445 g/mol. The summed E-state index contributed by atoms with van der Waals surface area (Å²) in [6.45, 7) is 0.527. The summed E-state index contributed by atoms with van der Waals surface area (Å²) >= 11 is 6.00. The van der Waals surface area contributed by atoms with Gasteiger partial charge in [-0.2, -0.15) is 0 Å². The number of carbonyl (C=O) groups excluding carboxylic acids is 1.